The molecule has 0 spiro atoms. The van der Waals surface area contributed by atoms with Gasteiger partial charge in [0, 0.05) is 6.92 Å². The van der Waals surface area contributed by atoms with Gasteiger partial charge in [0.1, 0.15) is 5.84 Å². The van der Waals surface area contributed by atoms with E-state index in [0.29, 0.717) is 18.9 Å². The van der Waals surface area contributed by atoms with Gasteiger partial charge >= 0.3 is 0 Å². The Morgan fingerprint density at radius 2 is 2.50 bits per heavy atom. The third-order valence-electron chi connectivity index (χ3n) is 1.70. The average molecular weight is 170 g/mol. The molecule has 12 heavy (non-hydrogen) atoms. The summed E-state index contributed by atoms with van der Waals surface area (Å²) in [7, 11) is 1.76. The third-order valence-corrected chi connectivity index (χ3v) is 1.70. The Balaban J connectivity index is 2.51. The van der Waals surface area contributed by atoms with E-state index in [9.17, 15) is 0 Å². The molecule has 0 aromatic heterocycles. The lowest BCUT2D eigenvalue weighted by Gasteiger charge is -2.25. The van der Waals surface area contributed by atoms with Crippen molar-refractivity contribution in [3.05, 3.63) is 5.32 Å². The Labute approximate surface area is 71.3 Å². The first kappa shape index (κ1) is 9.08. The Morgan fingerprint density at radius 1 is 1.75 bits per heavy atom. The summed E-state index contributed by atoms with van der Waals surface area (Å²) in [5.41, 5.74) is 5.21. The molecule has 0 aromatic rings. The maximum atomic E-state index is 5.53. The first-order chi connectivity index (χ1) is 5.66. The average Bonchev–Trinajstić information content (AvgIpc) is 2.01. The Morgan fingerprint density at radius 3 is 3.08 bits per heavy atom. The second-order valence-electron chi connectivity index (χ2n) is 3.02. The highest BCUT2D eigenvalue weighted by molar-refractivity contribution is 5.81. The van der Waals surface area contributed by atoms with Gasteiger partial charge in [-0.3, -0.25) is 0 Å². The van der Waals surface area contributed by atoms with Crippen molar-refractivity contribution in [1.29, 1.82) is 0 Å². The van der Waals surface area contributed by atoms with Gasteiger partial charge < -0.3 is 16.4 Å². The molecule has 6 heteroatoms. The standard InChI is InChI=1S/C6H13N6/c1-6(9-4-8-2)3-5(7)10-12-11-6/h9H,3-4H2,1-2H3,(H2,7,10,11)/q-1/p+1. The van der Waals surface area contributed by atoms with E-state index < -0.39 is 0 Å². The predicted octanol–water partition coefficient (Wildman–Crippen LogP) is -0.645. The minimum atomic E-state index is -0.314. The summed E-state index contributed by atoms with van der Waals surface area (Å²) in [6, 6.07) is 0. The van der Waals surface area contributed by atoms with Crippen molar-refractivity contribution in [2.75, 3.05) is 13.7 Å². The van der Waals surface area contributed by atoms with Gasteiger partial charge in [-0.1, -0.05) is 0 Å². The van der Waals surface area contributed by atoms with Crippen LogP contribution in [0, 0.1) is 0 Å². The minimum absolute atomic E-state index is 0.314. The van der Waals surface area contributed by atoms with Crippen molar-refractivity contribution >= 4 is 5.84 Å². The quantitative estimate of drug-likeness (QED) is 0.579. The van der Waals surface area contributed by atoms with Crippen molar-refractivity contribution in [3.8, 4) is 0 Å². The van der Waals surface area contributed by atoms with Gasteiger partial charge in [0.25, 0.3) is 0 Å². The van der Waals surface area contributed by atoms with Crippen molar-refractivity contribution in [1.82, 2.24) is 0 Å². The maximum absolute atomic E-state index is 5.53. The first-order valence-electron chi connectivity index (χ1n) is 3.80. The molecule has 1 heterocycles. The Bertz CT molecular complexity index is 210. The maximum Gasteiger partial charge on any atom is 0.213 e. The molecule has 0 aromatic carbocycles. The van der Waals surface area contributed by atoms with Crippen molar-refractivity contribution < 1.29 is 5.32 Å². The molecule has 1 rings (SSSR count). The zero-order valence-electron chi connectivity index (χ0n) is 7.36. The fourth-order valence-electron chi connectivity index (χ4n) is 1.02. The summed E-state index contributed by atoms with van der Waals surface area (Å²) in [6.07, 6.45) is 0.631. The number of amidine groups is 1. The minimum Gasteiger partial charge on any atom is -0.615 e. The van der Waals surface area contributed by atoms with E-state index in [4.69, 9.17) is 5.73 Å². The molecule has 1 aliphatic heterocycles. The molecule has 0 saturated carbocycles. The lowest BCUT2D eigenvalue weighted by atomic mass is 10.1. The highest BCUT2D eigenvalue weighted by atomic mass is 15.4. The molecular weight excluding hydrogens is 156 g/mol. The molecule has 1 atom stereocenters. The van der Waals surface area contributed by atoms with Gasteiger partial charge in [-0.15, -0.1) is 10.2 Å². The van der Waals surface area contributed by atoms with Gasteiger partial charge in [0.05, 0.1) is 6.42 Å². The second kappa shape index (κ2) is 3.59. The highest BCUT2D eigenvalue weighted by Gasteiger charge is 2.29. The third kappa shape index (κ3) is 2.24. The van der Waals surface area contributed by atoms with Crippen LogP contribution < -0.4 is 11.1 Å². The van der Waals surface area contributed by atoms with Gasteiger partial charge in [0.15, 0.2) is 0 Å². The molecule has 1 unspecified atom stereocenters. The second-order valence-corrected chi connectivity index (χ2v) is 3.02. The summed E-state index contributed by atoms with van der Waals surface area (Å²) in [5.74, 6) is 0.528. The van der Waals surface area contributed by atoms with E-state index in [0.717, 1.165) is 0 Å². The van der Waals surface area contributed by atoms with Crippen molar-refractivity contribution in [3.63, 3.8) is 0 Å². The van der Waals surface area contributed by atoms with Crippen LogP contribution in [0.1, 0.15) is 13.3 Å². The van der Waals surface area contributed by atoms with Gasteiger partial charge in [-0.05, 0) is 11.9 Å². The van der Waals surface area contributed by atoms with E-state index in [-0.39, 0.29) is 5.66 Å². The number of quaternary nitrogens is 1. The van der Waals surface area contributed by atoms with E-state index >= 15 is 0 Å². The lowest BCUT2D eigenvalue weighted by molar-refractivity contribution is -0.716. The lowest BCUT2D eigenvalue weighted by Crippen LogP contribution is -2.95. The van der Waals surface area contributed by atoms with Gasteiger partial charge in [0.2, 0.25) is 5.66 Å². The summed E-state index contributed by atoms with van der Waals surface area (Å²) in [4.78, 5) is 0. The van der Waals surface area contributed by atoms with Gasteiger partial charge in [-0.25, -0.2) is 0 Å². The molecular formula is C6H14N6. The molecule has 0 amide bonds. The van der Waals surface area contributed by atoms with E-state index in [2.05, 4.69) is 20.8 Å². The molecule has 0 bridgehead atoms. The van der Waals surface area contributed by atoms with E-state index in [1.165, 1.54) is 0 Å². The summed E-state index contributed by atoms with van der Waals surface area (Å²) < 4.78 is 0. The summed E-state index contributed by atoms with van der Waals surface area (Å²) in [6.45, 7) is 2.63. The number of nitrogens with zero attached hydrogens (tertiary/aromatic N) is 4. The van der Waals surface area contributed by atoms with Crippen LogP contribution in [-0.4, -0.2) is 25.2 Å². The van der Waals surface area contributed by atoms with E-state index in [1.807, 2.05) is 12.2 Å². The Kier molecular flexibility index (Phi) is 2.72. The Hall–Kier alpha value is -1.01. The molecule has 6 nitrogen and oxygen atoms in total. The smallest absolute Gasteiger partial charge is 0.213 e. The first-order valence-corrected chi connectivity index (χ1v) is 3.80. The number of rotatable bonds is 3. The number of hydrogen-bond acceptors (Lipinski definition) is 4. The van der Waals surface area contributed by atoms with Gasteiger partial charge in [-0.2, -0.15) is 7.05 Å². The fraction of sp³-hybridized carbons (Fsp3) is 0.833. The molecule has 4 N–H and O–H groups in total. The predicted molar refractivity (Wildman–Crippen MR) is 45.6 cm³/mol. The van der Waals surface area contributed by atoms with Crippen LogP contribution in [0.15, 0.2) is 15.4 Å². The van der Waals surface area contributed by atoms with Crippen LogP contribution in [0.25, 0.3) is 5.32 Å². The normalized spacial score (nSPS) is 28.7. The zero-order valence-corrected chi connectivity index (χ0v) is 7.36. The number of nitrogens with two attached hydrogens (primary N) is 2. The molecule has 0 aliphatic carbocycles. The monoisotopic (exact) mass is 170 g/mol. The molecule has 0 radical (unpaired) electrons. The number of hydrogen-bond donors (Lipinski definition) is 2. The van der Waals surface area contributed by atoms with E-state index in [1.54, 1.807) is 7.05 Å². The van der Waals surface area contributed by atoms with Crippen molar-refractivity contribution in [2.24, 2.45) is 21.2 Å². The van der Waals surface area contributed by atoms with Crippen LogP contribution >= 0.6 is 0 Å². The molecule has 0 saturated heterocycles. The van der Waals surface area contributed by atoms with Crippen LogP contribution in [0.2, 0.25) is 0 Å². The SMILES string of the molecule is C[N-]C[NH2+]C1(C)CC(N)=NN=N1. The van der Waals surface area contributed by atoms with Crippen LogP contribution in [-0.2, 0) is 0 Å². The topological polar surface area (TPSA) is 93.8 Å². The van der Waals surface area contributed by atoms with Crippen LogP contribution in [0.3, 0.4) is 0 Å². The summed E-state index contributed by atoms with van der Waals surface area (Å²) >= 11 is 0. The summed E-state index contributed by atoms with van der Waals surface area (Å²) in [5, 5.41) is 17.2. The largest absolute Gasteiger partial charge is 0.615 e. The van der Waals surface area contributed by atoms with Crippen LogP contribution in [0.5, 0.6) is 0 Å². The molecule has 1 aliphatic rings. The fourth-order valence-corrected chi connectivity index (χ4v) is 1.02. The van der Waals surface area contributed by atoms with Crippen molar-refractivity contribution in [2.45, 2.75) is 19.0 Å². The zero-order chi connectivity index (χ0) is 9.03. The molecule has 0 fully saturated rings. The van der Waals surface area contributed by atoms with Crippen LogP contribution in [0.4, 0.5) is 0 Å². The highest BCUT2D eigenvalue weighted by Crippen LogP contribution is 2.10. The molecule has 68 valence electrons.